The monoisotopic (exact) mass is 1160 g/mol. The van der Waals surface area contributed by atoms with Crippen LogP contribution < -0.4 is 54.4 Å². The van der Waals surface area contributed by atoms with Gasteiger partial charge in [-0.15, -0.1) is 0 Å². The van der Waals surface area contributed by atoms with E-state index in [1.54, 1.807) is 82.3 Å². The molecule has 83 heavy (non-hydrogen) atoms. The fraction of sp³-hybridized carbons (Fsp3) is 0.633. The van der Waals surface area contributed by atoms with Crippen molar-refractivity contribution in [1.82, 2.24) is 47.0 Å². The molecule has 2 aliphatic rings. The number of nitrogens with zero attached hydrogens (tertiary/aromatic N) is 2. The molecule has 0 aromatic heterocycles. The van der Waals surface area contributed by atoms with E-state index in [9.17, 15) is 53.1 Å². The normalized spacial score (nSPS) is 18.1. The number of carbonyl (C=O) groups is 10. The van der Waals surface area contributed by atoms with Gasteiger partial charge in [0, 0.05) is 25.9 Å². The van der Waals surface area contributed by atoms with Gasteiger partial charge >= 0.3 is 5.97 Å². The Morgan fingerprint density at radius 3 is 1.25 bits per heavy atom. The molecule has 2 aromatic carbocycles. The minimum absolute atomic E-state index is 0.0298. The number of carboxylic acids is 1. The van der Waals surface area contributed by atoms with E-state index in [0.29, 0.717) is 24.8 Å². The first kappa shape index (κ1) is 68.5. The Balaban J connectivity index is 1.54. The summed E-state index contributed by atoms with van der Waals surface area (Å²) in [6.07, 6.45) is 2.74. The molecular weight excluding hydrogens is 1060 g/mol. The molecule has 10 atom stereocenters. The van der Waals surface area contributed by atoms with Crippen LogP contribution in [0.1, 0.15) is 131 Å². The van der Waals surface area contributed by atoms with Crippen molar-refractivity contribution in [3.8, 4) is 0 Å². The zero-order valence-corrected chi connectivity index (χ0v) is 49.8. The minimum atomic E-state index is -1.23. The molecule has 0 unspecified atom stereocenters. The molecule has 0 saturated carbocycles. The highest BCUT2D eigenvalue weighted by Gasteiger charge is 2.42. The number of hydrogen-bond donors (Lipinski definition) is 11. The van der Waals surface area contributed by atoms with Crippen LogP contribution in [0.15, 0.2) is 60.7 Å². The van der Waals surface area contributed by atoms with Crippen LogP contribution in [-0.4, -0.2) is 161 Å². The number of hydrogen-bond acceptors (Lipinski definition) is 13. The van der Waals surface area contributed by atoms with E-state index >= 15 is 0 Å². The number of carbonyl (C=O) groups excluding carboxylic acids is 9. The average molecular weight is 1160 g/mol. The lowest BCUT2D eigenvalue weighted by atomic mass is 9.99. The topological polar surface area (TPSA) is 360 Å². The summed E-state index contributed by atoms with van der Waals surface area (Å²) in [7, 11) is 0. The number of benzene rings is 2. The maximum Gasteiger partial charge on any atom is 0.326 e. The van der Waals surface area contributed by atoms with Crippen LogP contribution in [-0.2, 0) is 60.8 Å². The van der Waals surface area contributed by atoms with Crippen LogP contribution in [0.25, 0.3) is 0 Å². The zero-order valence-electron chi connectivity index (χ0n) is 49.8. The molecule has 23 nitrogen and oxygen atoms in total. The molecule has 0 spiro atoms. The Morgan fingerprint density at radius 1 is 0.494 bits per heavy atom. The predicted molar refractivity (Wildman–Crippen MR) is 314 cm³/mol. The summed E-state index contributed by atoms with van der Waals surface area (Å²) in [5, 5.41) is 29.6. The van der Waals surface area contributed by atoms with E-state index < -0.39 is 125 Å². The van der Waals surface area contributed by atoms with Crippen molar-refractivity contribution in [3.63, 3.8) is 0 Å². The number of amides is 9. The standard InChI is InChI=1S/C60H94N12O11/c1-35(2)31-43(66-51(73)41(23-15-27-61)64-56(78)49(63)37(5)6)53(75)68-45(33-39-19-11-9-12-20-39)58(80)71-29-17-25-47(71)55(77)70-50(38(7)8)57(79)65-42(24-16-28-62)52(74)67-44(32-36(3)4)54(76)69-46(34-40-21-13-10-14-22-40)59(81)72-30-18-26-48(72)60(82)83/h9-14,19-22,35-38,41-50H,15-18,23-34,61-63H2,1-8H3,(H,64,78)(H,65,79)(H,66,73)(H,67,74)(H,68,75)(H,69,76)(H,70,77)(H,82,83)/t41-,42-,43-,44-,45+,46+,47-,48-,49-,50-/m0/s1. The third-order valence-corrected chi connectivity index (χ3v) is 15.1. The van der Waals surface area contributed by atoms with E-state index in [1.807, 2.05) is 33.8 Å². The summed E-state index contributed by atoms with van der Waals surface area (Å²) in [6, 6.07) is 6.77. The second kappa shape index (κ2) is 34.0. The van der Waals surface area contributed by atoms with Crippen molar-refractivity contribution in [2.45, 2.75) is 193 Å². The maximum absolute atomic E-state index is 14.9. The summed E-state index contributed by atoms with van der Waals surface area (Å²) in [5.41, 5.74) is 19.2. The number of nitrogens with one attached hydrogen (secondary N) is 7. The van der Waals surface area contributed by atoms with Gasteiger partial charge in [-0.3, -0.25) is 43.2 Å². The van der Waals surface area contributed by atoms with Crippen molar-refractivity contribution in [2.75, 3.05) is 26.2 Å². The number of rotatable bonds is 33. The van der Waals surface area contributed by atoms with Gasteiger partial charge in [-0.2, -0.15) is 0 Å². The molecule has 2 aliphatic heterocycles. The first-order chi connectivity index (χ1) is 39.4. The number of aliphatic carboxylic acids is 1. The Kier molecular flexibility index (Phi) is 28.0. The smallest absolute Gasteiger partial charge is 0.326 e. The van der Waals surface area contributed by atoms with E-state index in [0.717, 1.165) is 5.56 Å². The van der Waals surface area contributed by atoms with Crippen molar-refractivity contribution < 1.29 is 53.1 Å². The molecule has 2 saturated heterocycles. The highest BCUT2D eigenvalue weighted by molar-refractivity contribution is 5.99. The molecule has 4 rings (SSSR count). The van der Waals surface area contributed by atoms with Crippen LogP contribution in [0.4, 0.5) is 0 Å². The van der Waals surface area contributed by atoms with E-state index in [-0.39, 0.29) is 102 Å². The minimum Gasteiger partial charge on any atom is -0.480 e. The molecule has 2 aromatic rings. The lowest BCUT2D eigenvalue weighted by Crippen LogP contribution is -2.61. The lowest BCUT2D eigenvalue weighted by Gasteiger charge is -2.32. The second-order valence-corrected chi connectivity index (χ2v) is 23.6. The number of nitrogens with two attached hydrogens (primary N) is 3. The molecule has 460 valence electrons. The fourth-order valence-electron chi connectivity index (χ4n) is 10.4. The lowest BCUT2D eigenvalue weighted by molar-refractivity contribution is -0.149. The quantitative estimate of drug-likeness (QED) is 0.0478. The van der Waals surface area contributed by atoms with E-state index in [1.165, 1.54) is 9.80 Å². The molecule has 14 N–H and O–H groups in total. The highest BCUT2D eigenvalue weighted by Crippen LogP contribution is 2.23. The van der Waals surface area contributed by atoms with Gasteiger partial charge in [-0.05, 0) is 112 Å². The van der Waals surface area contributed by atoms with Gasteiger partial charge in [0.25, 0.3) is 0 Å². The van der Waals surface area contributed by atoms with E-state index in [4.69, 9.17) is 17.2 Å². The Labute approximate surface area is 489 Å². The van der Waals surface area contributed by atoms with Crippen molar-refractivity contribution in [2.24, 2.45) is 40.9 Å². The Morgan fingerprint density at radius 2 is 0.867 bits per heavy atom. The molecule has 0 radical (unpaired) electrons. The van der Waals surface area contributed by atoms with Gasteiger partial charge in [0.2, 0.25) is 53.2 Å². The summed E-state index contributed by atoms with van der Waals surface area (Å²) >= 11 is 0. The first-order valence-corrected chi connectivity index (χ1v) is 29.6. The van der Waals surface area contributed by atoms with Crippen LogP contribution in [0.2, 0.25) is 0 Å². The third-order valence-electron chi connectivity index (χ3n) is 15.1. The summed E-state index contributed by atoms with van der Waals surface area (Å²) in [5.74, 6) is -7.78. The SMILES string of the molecule is CC(C)C[C@H](NC(=O)[C@H](CCCN)NC(=O)[C@@H](NC(=O)[C@@H]1CCCN1C(=O)[C@@H](Cc1ccccc1)NC(=O)[C@H](CC(C)C)NC(=O)[C@H](CCCN)NC(=O)[C@@H](N)C(C)C)C(C)C)C(=O)N[C@H](Cc1ccccc1)C(=O)N1CCC[C@H]1C(=O)O. The van der Waals surface area contributed by atoms with E-state index in [2.05, 4.69) is 37.2 Å². The van der Waals surface area contributed by atoms with Gasteiger partial charge in [-0.1, -0.05) is 116 Å². The van der Waals surface area contributed by atoms with Crippen LogP contribution in [0, 0.1) is 23.7 Å². The van der Waals surface area contributed by atoms with Crippen molar-refractivity contribution in [1.29, 1.82) is 0 Å². The molecule has 9 amide bonds. The Hall–Kier alpha value is -6.98. The predicted octanol–water partition coefficient (Wildman–Crippen LogP) is 1.14. The fourth-order valence-corrected chi connectivity index (χ4v) is 10.4. The largest absolute Gasteiger partial charge is 0.480 e. The van der Waals surface area contributed by atoms with Gasteiger partial charge in [0.05, 0.1) is 6.04 Å². The van der Waals surface area contributed by atoms with Crippen LogP contribution in [0.5, 0.6) is 0 Å². The zero-order chi connectivity index (χ0) is 61.5. The third kappa shape index (κ3) is 21.3. The molecular formula is C60H94N12O11. The van der Waals surface area contributed by atoms with Crippen molar-refractivity contribution in [3.05, 3.63) is 71.8 Å². The molecule has 0 aliphatic carbocycles. The number of carboxylic acid groups (broad SMARTS) is 1. The summed E-state index contributed by atoms with van der Waals surface area (Å²) in [4.78, 5) is 142. The van der Waals surface area contributed by atoms with Crippen LogP contribution in [0.3, 0.4) is 0 Å². The maximum atomic E-state index is 14.9. The Bertz CT molecular complexity index is 2480. The summed E-state index contributed by atoms with van der Waals surface area (Å²) < 4.78 is 0. The van der Waals surface area contributed by atoms with Gasteiger partial charge in [-0.25, -0.2) is 4.79 Å². The summed E-state index contributed by atoms with van der Waals surface area (Å²) in [6.45, 7) is 15.2. The molecule has 23 heteroatoms. The van der Waals surface area contributed by atoms with Gasteiger partial charge in [0.1, 0.15) is 54.4 Å². The first-order valence-electron chi connectivity index (χ1n) is 29.6. The van der Waals surface area contributed by atoms with Gasteiger partial charge in [0.15, 0.2) is 0 Å². The molecule has 2 fully saturated rings. The highest BCUT2D eigenvalue weighted by atomic mass is 16.4. The van der Waals surface area contributed by atoms with Crippen molar-refractivity contribution >= 4 is 59.1 Å². The molecule has 0 bridgehead atoms. The second-order valence-electron chi connectivity index (χ2n) is 23.6. The number of likely N-dealkylation sites (tertiary alicyclic amines) is 2. The average Bonchev–Trinajstić information content (AvgIpc) is 4.37. The van der Waals surface area contributed by atoms with Crippen LogP contribution >= 0.6 is 0 Å². The molecule has 2 heterocycles. The van der Waals surface area contributed by atoms with Gasteiger partial charge < -0.3 is 69.3 Å².